The third-order valence-corrected chi connectivity index (χ3v) is 5.75. The monoisotopic (exact) mass is 392 g/mol. The first-order chi connectivity index (χ1) is 14.2. The Kier molecular flexibility index (Phi) is 5.81. The van der Waals surface area contributed by atoms with Crippen LogP contribution < -0.4 is 4.74 Å². The summed E-state index contributed by atoms with van der Waals surface area (Å²) in [5.74, 6) is 0.694. The van der Waals surface area contributed by atoms with Crippen LogP contribution in [-0.4, -0.2) is 65.1 Å². The molecule has 3 aromatic rings. The maximum Gasteiger partial charge on any atom is 0.257 e. The van der Waals surface area contributed by atoms with E-state index in [4.69, 9.17) is 4.74 Å². The number of fused-ring (bicyclic) bond motifs is 1. The van der Waals surface area contributed by atoms with E-state index in [-0.39, 0.29) is 5.91 Å². The highest BCUT2D eigenvalue weighted by Crippen LogP contribution is 2.22. The fourth-order valence-electron chi connectivity index (χ4n) is 4.08. The molecular weight excluding hydrogens is 364 g/mol. The number of hydrogen-bond acceptors (Lipinski definition) is 4. The molecule has 6 heteroatoms. The largest absolute Gasteiger partial charge is 0.496 e. The summed E-state index contributed by atoms with van der Waals surface area (Å²) in [6.07, 6.45) is 5.09. The Morgan fingerprint density at radius 1 is 1.10 bits per heavy atom. The molecule has 0 atom stereocenters. The van der Waals surface area contributed by atoms with Gasteiger partial charge in [-0.05, 0) is 43.2 Å². The molecular formula is C23H28N4O2. The Labute approximate surface area is 171 Å². The van der Waals surface area contributed by atoms with Crippen molar-refractivity contribution in [2.24, 2.45) is 0 Å². The Hall–Kier alpha value is -2.86. The maximum atomic E-state index is 12.9. The summed E-state index contributed by atoms with van der Waals surface area (Å²) in [7, 11) is 1.61. The number of rotatable bonds is 6. The Morgan fingerprint density at radius 3 is 2.66 bits per heavy atom. The van der Waals surface area contributed by atoms with E-state index in [9.17, 15) is 4.79 Å². The standard InChI is InChI=1S/C23H28N4O2/c1-3-26-17-18(19-8-6-11-24-22(19)26)10-12-25-13-15-27(16-14-25)23(28)20-7-4-5-9-21(20)29-2/h4-9,11,17H,3,10,12-16H2,1-2H3. The van der Waals surface area contributed by atoms with Crippen molar-refractivity contribution in [1.29, 1.82) is 0 Å². The molecule has 6 nitrogen and oxygen atoms in total. The zero-order chi connectivity index (χ0) is 20.2. The van der Waals surface area contributed by atoms with E-state index in [2.05, 4.69) is 33.6 Å². The number of para-hydroxylation sites is 1. The highest BCUT2D eigenvalue weighted by molar-refractivity contribution is 5.97. The second-order valence-corrected chi connectivity index (χ2v) is 7.40. The third kappa shape index (κ3) is 3.98. The first-order valence-corrected chi connectivity index (χ1v) is 10.3. The zero-order valence-electron chi connectivity index (χ0n) is 17.2. The topological polar surface area (TPSA) is 50.6 Å². The van der Waals surface area contributed by atoms with Crippen LogP contribution in [0.2, 0.25) is 0 Å². The quantitative estimate of drug-likeness (QED) is 0.647. The van der Waals surface area contributed by atoms with E-state index in [1.165, 1.54) is 10.9 Å². The molecule has 3 heterocycles. The molecule has 1 amide bonds. The molecule has 152 valence electrons. The summed E-state index contributed by atoms with van der Waals surface area (Å²) in [6.45, 7) is 7.35. The fraction of sp³-hybridized carbons (Fsp3) is 0.391. The van der Waals surface area contributed by atoms with Crippen molar-refractivity contribution >= 4 is 16.9 Å². The lowest BCUT2D eigenvalue weighted by molar-refractivity contribution is 0.0635. The van der Waals surface area contributed by atoms with Gasteiger partial charge in [-0.15, -0.1) is 0 Å². The number of methoxy groups -OCH3 is 1. The summed E-state index contributed by atoms with van der Waals surface area (Å²) in [4.78, 5) is 21.8. The third-order valence-electron chi connectivity index (χ3n) is 5.75. The van der Waals surface area contributed by atoms with Crippen molar-refractivity contribution in [2.45, 2.75) is 19.9 Å². The molecule has 1 saturated heterocycles. The van der Waals surface area contributed by atoms with Crippen LogP contribution in [0.5, 0.6) is 5.75 Å². The van der Waals surface area contributed by atoms with Crippen molar-refractivity contribution in [3.63, 3.8) is 0 Å². The number of ether oxygens (including phenoxy) is 1. The van der Waals surface area contributed by atoms with Crippen LogP contribution in [0.25, 0.3) is 11.0 Å². The van der Waals surface area contributed by atoms with E-state index in [0.29, 0.717) is 11.3 Å². The van der Waals surface area contributed by atoms with Gasteiger partial charge in [0.1, 0.15) is 11.4 Å². The molecule has 0 unspecified atom stereocenters. The minimum absolute atomic E-state index is 0.0548. The van der Waals surface area contributed by atoms with Crippen LogP contribution in [0.3, 0.4) is 0 Å². The van der Waals surface area contributed by atoms with Crippen molar-refractivity contribution < 1.29 is 9.53 Å². The van der Waals surface area contributed by atoms with E-state index in [1.807, 2.05) is 41.4 Å². The number of carbonyl (C=O) groups excluding carboxylic acids is 1. The van der Waals surface area contributed by atoms with Gasteiger partial charge in [0.2, 0.25) is 0 Å². The molecule has 1 fully saturated rings. The van der Waals surface area contributed by atoms with Gasteiger partial charge in [0, 0.05) is 57.0 Å². The average Bonchev–Trinajstić information content (AvgIpc) is 3.15. The van der Waals surface area contributed by atoms with E-state index < -0.39 is 0 Å². The number of hydrogen-bond donors (Lipinski definition) is 0. The lowest BCUT2D eigenvalue weighted by atomic mass is 10.1. The smallest absolute Gasteiger partial charge is 0.257 e. The highest BCUT2D eigenvalue weighted by Gasteiger charge is 2.24. The second-order valence-electron chi connectivity index (χ2n) is 7.40. The average molecular weight is 393 g/mol. The van der Waals surface area contributed by atoms with Crippen molar-refractivity contribution in [3.05, 3.63) is 59.9 Å². The molecule has 0 aliphatic carbocycles. The number of aryl methyl sites for hydroxylation is 1. The SMILES string of the molecule is CCn1cc(CCN2CCN(C(=O)c3ccccc3OC)CC2)c2cccnc21. The Bertz CT molecular complexity index is 989. The number of pyridine rings is 1. The van der Waals surface area contributed by atoms with E-state index >= 15 is 0 Å². The summed E-state index contributed by atoms with van der Waals surface area (Å²) in [5, 5.41) is 1.25. The predicted molar refractivity (Wildman–Crippen MR) is 114 cm³/mol. The summed E-state index contributed by atoms with van der Waals surface area (Å²) < 4.78 is 7.56. The van der Waals surface area contributed by atoms with Crippen molar-refractivity contribution in [3.8, 4) is 5.75 Å². The normalized spacial score (nSPS) is 15.0. The van der Waals surface area contributed by atoms with Crippen LogP contribution in [0, 0.1) is 0 Å². The number of nitrogens with zero attached hydrogens (tertiary/aromatic N) is 4. The van der Waals surface area contributed by atoms with E-state index in [0.717, 1.165) is 51.3 Å². The first-order valence-electron chi connectivity index (χ1n) is 10.3. The Balaban J connectivity index is 1.36. The second kappa shape index (κ2) is 8.66. The van der Waals surface area contributed by atoms with Crippen molar-refractivity contribution in [1.82, 2.24) is 19.4 Å². The summed E-state index contributed by atoms with van der Waals surface area (Å²) in [5.41, 5.74) is 3.06. The number of amides is 1. The number of benzene rings is 1. The highest BCUT2D eigenvalue weighted by atomic mass is 16.5. The van der Waals surface area contributed by atoms with Gasteiger partial charge in [-0.1, -0.05) is 12.1 Å². The molecule has 2 aromatic heterocycles. The molecule has 1 aliphatic heterocycles. The molecule has 1 aliphatic rings. The van der Waals surface area contributed by atoms with Gasteiger partial charge < -0.3 is 14.2 Å². The van der Waals surface area contributed by atoms with Crippen LogP contribution in [0.15, 0.2) is 48.8 Å². The van der Waals surface area contributed by atoms with Gasteiger partial charge in [0.05, 0.1) is 12.7 Å². The lowest BCUT2D eigenvalue weighted by Gasteiger charge is -2.35. The fourth-order valence-corrected chi connectivity index (χ4v) is 4.08. The van der Waals surface area contributed by atoms with Gasteiger partial charge in [-0.2, -0.15) is 0 Å². The minimum atomic E-state index is 0.0548. The lowest BCUT2D eigenvalue weighted by Crippen LogP contribution is -2.49. The van der Waals surface area contributed by atoms with Crippen LogP contribution in [-0.2, 0) is 13.0 Å². The molecule has 0 saturated carbocycles. The zero-order valence-corrected chi connectivity index (χ0v) is 17.2. The molecule has 4 rings (SSSR count). The van der Waals surface area contributed by atoms with Gasteiger partial charge in [0.25, 0.3) is 5.91 Å². The van der Waals surface area contributed by atoms with Crippen LogP contribution >= 0.6 is 0 Å². The van der Waals surface area contributed by atoms with Gasteiger partial charge >= 0.3 is 0 Å². The Morgan fingerprint density at radius 2 is 1.90 bits per heavy atom. The van der Waals surface area contributed by atoms with Gasteiger partial charge in [0.15, 0.2) is 0 Å². The van der Waals surface area contributed by atoms with E-state index in [1.54, 1.807) is 7.11 Å². The minimum Gasteiger partial charge on any atom is -0.496 e. The number of aromatic nitrogens is 2. The number of piperazine rings is 1. The van der Waals surface area contributed by atoms with Gasteiger partial charge in [-0.3, -0.25) is 9.69 Å². The predicted octanol–water partition coefficient (Wildman–Crippen LogP) is 3.07. The molecule has 29 heavy (non-hydrogen) atoms. The number of carbonyl (C=O) groups is 1. The molecule has 1 aromatic carbocycles. The molecule has 0 N–H and O–H groups in total. The van der Waals surface area contributed by atoms with Gasteiger partial charge in [-0.25, -0.2) is 4.98 Å². The summed E-state index contributed by atoms with van der Waals surface area (Å²) >= 11 is 0. The maximum absolute atomic E-state index is 12.9. The van der Waals surface area contributed by atoms with Crippen LogP contribution in [0.1, 0.15) is 22.8 Å². The van der Waals surface area contributed by atoms with Crippen molar-refractivity contribution in [2.75, 3.05) is 39.8 Å². The molecule has 0 bridgehead atoms. The molecule has 0 radical (unpaired) electrons. The molecule has 0 spiro atoms. The first kappa shape index (κ1) is 19.5. The van der Waals surface area contributed by atoms with Crippen LogP contribution in [0.4, 0.5) is 0 Å². The summed E-state index contributed by atoms with van der Waals surface area (Å²) in [6, 6.07) is 11.6.